The lowest BCUT2D eigenvalue weighted by molar-refractivity contribution is 0.464. The number of furan rings is 1. The van der Waals surface area contributed by atoms with Gasteiger partial charge in [-0.2, -0.15) is 5.10 Å². The van der Waals surface area contributed by atoms with Gasteiger partial charge < -0.3 is 9.73 Å². The number of H-pyrrole nitrogens is 1. The normalized spacial score (nSPS) is 12.9. The van der Waals surface area contributed by atoms with Crippen LogP contribution >= 0.6 is 0 Å². The lowest BCUT2D eigenvalue weighted by Crippen LogP contribution is -2.22. The third-order valence-corrected chi connectivity index (χ3v) is 3.16. The summed E-state index contributed by atoms with van der Waals surface area (Å²) < 4.78 is 5.99. The van der Waals surface area contributed by atoms with Crippen molar-refractivity contribution in [3.63, 3.8) is 0 Å². The average molecular weight is 256 g/mol. The molecule has 0 aliphatic carbocycles. The van der Waals surface area contributed by atoms with Crippen molar-refractivity contribution in [2.45, 2.75) is 19.9 Å². The van der Waals surface area contributed by atoms with Gasteiger partial charge in [-0.05, 0) is 25.1 Å². The van der Waals surface area contributed by atoms with E-state index in [0.717, 1.165) is 34.7 Å². The van der Waals surface area contributed by atoms with Crippen LogP contribution in [0.25, 0.3) is 11.0 Å². The molecule has 98 valence electrons. The molecule has 0 aliphatic rings. The van der Waals surface area contributed by atoms with Gasteiger partial charge in [-0.1, -0.05) is 25.1 Å². The van der Waals surface area contributed by atoms with Gasteiger partial charge in [-0.15, -0.1) is 0 Å². The number of nitrogens with zero attached hydrogens (tertiary/aromatic N) is 2. The first-order valence-electron chi connectivity index (χ1n) is 6.37. The standard InChI is InChI=1S/C14H16N4O/c1-3-15-12(14-16-8-17-18-14)11-7-10-6-4-5-9(2)13(10)19-11/h4-8,12,15H,3H2,1-2H3,(H,16,17,18). The summed E-state index contributed by atoms with van der Waals surface area (Å²) in [5, 5.41) is 11.3. The van der Waals surface area contributed by atoms with Crippen LogP contribution in [0.2, 0.25) is 0 Å². The van der Waals surface area contributed by atoms with E-state index in [9.17, 15) is 0 Å². The number of fused-ring (bicyclic) bond motifs is 1. The van der Waals surface area contributed by atoms with E-state index < -0.39 is 0 Å². The van der Waals surface area contributed by atoms with Gasteiger partial charge in [0.05, 0.1) is 0 Å². The summed E-state index contributed by atoms with van der Waals surface area (Å²) in [5.41, 5.74) is 2.07. The molecular weight excluding hydrogens is 240 g/mol. The van der Waals surface area contributed by atoms with Crippen molar-refractivity contribution in [1.29, 1.82) is 0 Å². The fourth-order valence-corrected chi connectivity index (χ4v) is 2.26. The summed E-state index contributed by atoms with van der Waals surface area (Å²) in [5.74, 6) is 1.61. The van der Waals surface area contributed by atoms with Crippen molar-refractivity contribution in [2.24, 2.45) is 0 Å². The Kier molecular flexibility index (Phi) is 3.05. The highest BCUT2D eigenvalue weighted by Gasteiger charge is 2.20. The summed E-state index contributed by atoms with van der Waals surface area (Å²) in [6.45, 7) is 4.92. The molecule has 1 aromatic carbocycles. The zero-order valence-corrected chi connectivity index (χ0v) is 11.0. The highest BCUT2D eigenvalue weighted by molar-refractivity contribution is 5.81. The van der Waals surface area contributed by atoms with Gasteiger partial charge in [0.2, 0.25) is 0 Å². The smallest absolute Gasteiger partial charge is 0.149 e. The predicted octanol–water partition coefficient (Wildman–Crippen LogP) is 2.56. The maximum Gasteiger partial charge on any atom is 0.149 e. The molecule has 0 saturated heterocycles. The maximum absolute atomic E-state index is 5.99. The number of para-hydroxylation sites is 1. The van der Waals surface area contributed by atoms with E-state index in [-0.39, 0.29) is 6.04 Å². The first-order chi connectivity index (χ1) is 9.29. The zero-order chi connectivity index (χ0) is 13.2. The number of aryl methyl sites for hydroxylation is 1. The molecule has 0 radical (unpaired) electrons. The SMILES string of the molecule is CCNC(c1ncn[nH]1)c1cc2cccc(C)c2o1. The predicted molar refractivity (Wildman–Crippen MR) is 72.9 cm³/mol. The quantitative estimate of drug-likeness (QED) is 0.753. The second-order valence-corrected chi connectivity index (χ2v) is 4.50. The van der Waals surface area contributed by atoms with E-state index in [2.05, 4.69) is 39.6 Å². The average Bonchev–Trinajstić information content (AvgIpc) is 3.05. The number of nitrogens with one attached hydrogen (secondary N) is 2. The highest BCUT2D eigenvalue weighted by atomic mass is 16.3. The monoisotopic (exact) mass is 256 g/mol. The Labute approximate surface area is 111 Å². The molecule has 3 rings (SSSR count). The molecule has 0 spiro atoms. The molecule has 0 saturated carbocycles. The molecule has 1 unspecified atom stereocenters. The van der Waals surface area contributed by atoms with Gasteiger partial charge in [-0.25, -0.2) is 4.98 Å². The van der Waals surface area contributed by atoms with E-state index in [1.807, 2.05) is 19.1 Å². The molecule has 19 heavy (non-hydrogen) atoms. The summed E-state index contributed by atoms with van der Waals surface area (Å²) in [4.78, 5) is 4.22. The minimum atomic E-state index is -0.0979. The molecule has 0 aliphatic heterocycles. The van der Waals surface area contributed by atoms with Gasteiger partial charge in [0.15, 0.2) is 0 Å². The summed E-state index contributed by atoms with van der Waals surface area (Å²) in [6.07, 6.45) is 1.51. The molecule has 5 heteroatoms. The van der Waals surface area contributed by atoms with Crippen LogP contribution in [0.5, 0.6) is 0 Å². The van der Waals surface area contributed by atoms with Crippen molar-refractivity contribution >= 4 is 11.0 Å². The number of benzene rings is 1. The molecule has 1 atom stereocenters. The van der Waals surface area contributed by atoms with Crippen LogP contribution in [-0.4, -0.2) is 21.7 Å². The van der Waals surface area contributed by atoms with Gasteiger partial charge >= 0.3 is 0 Å². The van der Waals surface area contributed by atoms with Crippen LogP contribution in [0.4, 0.5) is 0 Å². The van der Waals surface area contributed by atoms with Crippen molar-refractivity contribution < 1.29 is 4.42 Å². The lowest BCUT2D eigenvalue weighted by atomic mass is 10.1. The Morgan fingerprint density at radius 2 is 2.32 bits per heavy atom. The Morgan fingerprint density at radius 3 is 3.00 bits per heavy atom. The van der Waals surface area contributed by atoms with Crippen molar-refractivity contribution in [3.05, 3.63) is 47.7 Å². The van der Waals surface area contributed by atoms with Crippen LogP contribution in [0.3, 0.4) is 0 Å². The van der Waals surface area contributed by atoms with Crippen LogP contribution in [0.1, 0.15) is 30.1 Å². The van der Waals surface area contributed by atoms with E-state index in [4.69, 9.17) is 4.42 Å². The van der Waals surface area contributed by atoms with E-state index in [0.29, 0.717) is 0 Å². The van der Waals surface area contributed by atoms with Gasteiger partial charge in [0.1, 0.15) is 29.5 Å². The van der Waals surface area contributed by atoms with Gasteiger partial charge in [-0.3, -0.25) is 5.10 Å². The molecule has 0 bridgehead atoms. The molecule has 2 heterocycles. The summed E-state index contributed by atoms with van der Waals surface area (Å²) in [6, 6.07) is 8.09. The first-order valence-corrected chi connectivity index (χ1v) is 6.37. The molecule has 0 amide bonds. The molecule has 2 aromatic heterocycles. The first kappa shape index (κ1) is 11.9. The van der Waals surface area contributed by atoms with Crippen LogP contribution in [-0.2, 0) is 0 Å². The minimum absolute atomic E-state index is 0.0979. The Balaban J connectivity index is 2.08. The second-order valence-electron chi connectivity index (χ2n) is 4.50. The van der Waals surface area contributed by atoms with E-state index >= 15 is 0 Å². The summed E-state index contributed by atoms with van der Waals surface area (Å²) >= 11 is 0. The third kappa shape index (κ3) is 2.13. The van der Waals surface area contributed by atoms with Crippen LogP contribution in [0, 0.1) is 6.92 Å². The summed E-state index contributed by atoms with van der Waals surface area (Å²) in [7, 11) is 0. The van der Waals surface area contributed by atoms with E-state index in [1.165, 1.54) is 6.33 Å². The molecule has 5 nitrogen and oxygen atoms in total. The fraction of sp³-hybridized carbons (Fsp3) is 0.286. The number of hydrogen-bond donors (Lipinski definition) is 2. The number of rotatable bonds is 4. The zero-order valence-electron chi connectivity index (χ0n) is 11.0. The molecule has 0 fully saturated rings. The Hall–Kier alpha value is -2.14. The number of hydrogen-bond acceptors (Lipinski definition) is 4. The third-order valence-electron chi connectivity index (χ3n) is 3.16. The van der Waals surface area contributed by atoms with Gasteiger partial charge in [0, 0.05) is 5.39 Å². The van der Waals surface area contributed by atoms with Gasteiger partial charge in [0.25, 0.3) is 0 Å². The molecular formula is C14H16N4O. The van der Waals surface area contributed by atoms with Crippen LogP contribution < -0.4 is 5.32 Å². The molecule has 3 aromatic rings. The lowest BCUT2D eigenvalue weighted by Gasteiger charge is -2.11. The van der Waals surface area contributed by atoms with Crippen molar-refractivity contribution in [3.8, 4) is 0 Å². The largest absolute Gasteiger partial charge is 0.459 e. The topological polar surface area (TPSA) is 66.7 Å². The maximum atomic E-state index is 5.99. The van der Waals surface area contributed by atoms with Crippen LogP contribution in [0.15, 0.2) is 35.0 Å². The van der Waals surface area contributed by atoms with Crippen molar-refractivity contribution in [2.75, 3.05) is 6.54 Å². The number of aromatic amines is 1. The Morgan fingerprint density at radius 1 is 1.42 bits per heavy atom. The molecule has 2 N–H and O–H groups in total. The van der Waals surface area contributed by atoms with E-state index in [1.54, 1.807) is 0 Å². The number of aromatic nitrogens is 3. The highest BCUT2D eigenvalue weighted by Crippen LogP contribution is 2.28. The Bertz CT molecular complexity index is 672. The fourth-order valence-electron chi connectivity index (χ4n) is 2.26. The minimum Gasteiger partial charge on any atom is -0.459 e. The second kappa shape index (κ2) is 4.85. The van der Waals surface area contributed by atoms with Crippen molar-refractivity contribution in [1.82, 2.24) is 20.5 Å².